The molecule has 2 fully saturated rings. The first-order chi connectivity index (χ1) is 21.4. The van der Waals surface area contributed by atoms with E-state index in [2.05, 4.69) is 24.3 Å². The fraction of sp³-hybridized carbons (Fsp3) is 0.486. The van der Waals surface area contributed by atoms with Gasteiger partial charge in [0, 0.05) is 18.5 Å². The topological polar surface area (TPSA) is 112 Å². The van der Waals surface area contributed by atoms with Crippen LogP contribution in [0.4, 0.5) is 10.5 Å². The molecule has 3 heterocycles. The molecule has 5 rings (SSSR count). The number of ether oxygens (including phenoxy) is 3. The predicted octanol–water partition coefficient (Wildman–Crippen LogP) is 6.02. The molecule has 1 aromatic heterocycles. The van der Waals surface area contributed by atoms with Gasteiger partial charge < -0.3 is 24.4 Å². The van der Waals surface area contributed by atoms with Crippen LogP contribution >= 0.6 is 0 Å². The molecule has 2 aliphatic rings. The maximum Gasteiger partial charge on any atom is 0.435 e. The third kappa shape index (κ3) is 8.11. The number of carbonyl (C=O) groups is 3. The van der Waals surface area contributed by atoms with Crippen LogP contribution in [-0.2, 0) is 25.7 Å². The van der Waals surface area contributed by atoms with Crippen LogP contribution < -0.4 is 10.1 Å². The van der Waals surface area contributed by atoms with Gasteiger partial charge in [0.1, 0.15) is 24.1 Å². The van der Waals surface area contributed by atoms with Gasteiger partial charge in [0.05, 0.1) is 30.6 Å². The van der Waals surface area contributed by atoms with E-state index in [1.54, 1.807) is 20.8 Å². The number of rotatable bonds is 8. The molecule has 0 radical (unpaired) electrons. The van der Waals surface area contributed by atoms with E-state index in [1.165, 1.54) is 12.4 Å². The minimum absolute atomic E-state index is 0.132. The Bertz CT molecular complexity index is 1470. The molecule has 240 valence electrons. The van der Waals surface area contributed by atoms with Gasteiger partial charge in [-0.15, -0.1) is 0 Å². The van der Waals surface area contributed by atoms with E-state index in [-0.39, 0.29) is 29.1 Å². The minimum atomic E-state index is -0.655. The van der Waals surface area contributed by atoms with Crippen LogP contribution in [0.25, 0.3) is 0 Å². The smallest absolute Gasteiger partial charge is 0.435 e. The average molecular weight is 617 g/mol. The Morgan fingerprint density at radius 3 is 2.38 bits per heavy atom. The SMILES string of the molecule is CC(C)C(C(=O)N1CCC2(CC1)COC(C(=O)Nc1cnn(C(=O)OC(C)(C)C)c1)C2)c1ccc(OCc2ccccc2)cc1. The van der Waals surface area contributed by atoms with Crippen molar-refractivity contribution < 1.29 is 28.6 Å². The number of nitrogens with one attached hydrogen (secondary N) is 1. The Morgan fingerprint density at radius 2 is 1.73 bits per heavy atom. The third-order valence-electron chi connectivity index (χ3n) is 8.49. The van der Waals surface area contributed by atoms with Crippen molar-refractivity contribution in [2.45, 2.75) is 78.1 Å². The summed E-state index contributed by atoms with van der Waals surface area (Å²) in [6.07, 6.45) is 3.74. The fourth-order valence-corrected chi connectivity index (χ4v) is 6.05. The van der Waals surface area contributed by atoms with E-state index >= 15 is 0 Å². The number of carbonyl (C=O) groups excluding carboxylic acids is 3. The van der Waals surface area contributed by atoms with E-state index in [1.807, 2.05) is 59.5 Å². The van der Waals surface area contributed by atoms with E-state index in [0.29, 0.717) is 38.4 Å². The molecule has 2 aromatic carbocycles. The summed E-state index contributed by atoms with van der Waals surface area (Å²) in [5.41, 5.74) is 1.68. The second-order valence-corrected chi connectivity index (χ2v) is 13.5. The normalized spacial score (nSPS) is 18.5. The highest BCUT2D eigenvalue weighted by atomic mass is 16.6. The summed E-state index contributed by atoms with van der Waals surface area (Å²) in [7, 11) is 0. The average Bonchev–Trinajstić information content (AvgIpc) is 3.64. The monoisotopic (exact) mass is 616 g/mol. The van der Waals surface area contributed by atoms with Gasteiger partial charge in [0.25, 0.3) is 5.91 Å². The standard InChI is InChI=1S/C35H44N4O6/c1-24(2)30(26-11-13-28(14-12-26)43-22-25-9-7-6-8-10-25)32(41)38-17-15-35(16-18-38)19-29(44-23-35)31(40)37-27-20-36-39(21-27)33(42)45-34(3,4)5/h6-14,20-21,24,29-30H,15-19,22-23H2,1-5H3,(H,37,40). The number of hydrogen-bond donors (Lipinski definition) is 1. The number of likely N-dealkylation sites (tertiary alicyclic amines) is 1. The second-order valence-electron chi connectivity index (χ2n) is 13.5. The van der Waals surface area contributed by atoms with E-state index in [9.17, 15) is 14.4 Å². The molecule has 10 heteroatoms. The van der Waals surface area contributed by atoms with Crippen LogP contribution in [0, 0.1) is 11.3 Å². The molecule has 2 saturated heterocycles. The molecule has 0 aliphatic carbocycles. The van der Waals surface area contributed by atoms with Crippen LogP contribution in [0.5, 0.6) is 5.75 Å². The van der Waals surface area contributed by atoms with E-state index in [4.69, 9.17) is 14.2 Å². The van der Waals surface area contributed by atoms with E-state index in [0.717, 1.165) is 34.4 Å². The zero-order chi connectivity index (χ0) is 32.2. The molecular formula is C35H44N4O6. The maximum absolute atomic E-state index is 13.8. The molecule has 0 saturated carbocycles. The molecule has 3 aromatic rings. The van der Waals surface area contributed by atoms with Gasteiger partial charge in [-0.25, -0.2) is 4.79 Å². The van der Waals surface area contributed by atoms with Crippen molar-refractivity contribution in [3.8, 4) is 5.75 Å². The number of piperidine rings is 1. The van der Waals surface area contributed by atoms with Gasteiger partial charge in [0.2, 0.25) is 5.91 Å². The lowest BCUT2D eigenvalue weighted by Crippen LogP contribution is -2.46. The summed E-state index contributed by atoms with van der Waals surface area (Å²) in [5.74, 6) is 0.515. The van der Waals surface area contributed by atoms with Crippen molar-refractivity contribution in [2.24, 2.45) is 11.3 Å². The first-order valence-electron chi connectivity index (χ1n) is 15.7. The quantitative estimate of drug-likeness (QED) is 0.329. The number of aromatic nitrogens is 2. The number of hydrogen-bond acceptors (Lipinski definition) is 7. The maximum atomic E-state index is 13.8. The lowest BCUT2D eigenvalue weighted by molar-refractivity contribution is -0.136. The van der Waals surface area contributed by atoms with Gasteiger partial charge in [-0.3, -0.25) is 9.59 Å². The molecule has 2 atom stereocenters. The van der Waals surface area contributed by atoms with E-state index < -0.39 is 17.8 Å². The molecular weight excluding hydrogens is 572 g/mol. The zero-order valence-electron chi connectivity index (χ0n) is 26.8. The van der Waals surface area contributed by atoms with Gasteiger partial charge in [0.15, 0.2) is 0 Å². The lowest BCUT2D eigenvalue weighted by atomic mass is 9.76. The predicted molar refractivity (Wildman–Crippen MR) is 170 cm³/mol. The number of benzene rings is 2. The van der Waals surface area contributed by atoms with Crippen LogP contribution in [-0.4, -0.2) is 64.0 Å². The first-order valence-corrected chi connectivity index (χ1v) is 15.7. The van der Waals surface area contributed by atoms with Crippen molar-refractivity contribution in [1.29, 1.82) is 0 Å². The summed E-state index contributed by atoms with van der Waals surface area (Å²) < 4.78 is 18.3. The summed E-state index contributed by atoms with van der Waals surface area (Å²) in [6, 6.07) is 17.9. The highest BCUT2D eigenvalue weighted by Crippen LogP contribution is 2.43. The molecule has 10 nitrogen and oxygen atoms in total. The van der Waals surface area contributed by atoms with Gasteiger partial charge in [-0.05, 0) is 69.2 Å². The first kappa shape index (κ1) is 32.2. The molecule has 0 bridgehead atoms. The molecule has 2 amide bonds. The van der Waals surface area contributed by atoms with Crippen molar-refractivity contribution in [2.75, 3.05) is 25.0 Å². The van der Waals surface area contributed by atoms with Crippen molar-refractivity contribution >= 4 is 23.6 Å². The van der Waals surface area contributed by atoms with Crippen molar-refractivity contribution in [1.82, 2.24) is 14.7 Å². The summed E-state index contributed by atoms with van der Waals surface area (Å²) in [6.45, 7) is 11.7. The van der Waals surface area contributed by atoms with Crippen LogP contribution in [0.15, 0.2) is 67.0 Å². The molecule has 1 N–H and O–H groups in total. The number of amides is 2. The lowest BCUT2D eigenvalue weighted by Gasteiger charge is -2.40. The molecule has 2 unspecified atom stereocenters. The van der Waals surface area contributed by atoms with Gasteiger partial charge in [-0.1, -0.05) is 56.3 Å². The second kappa shape index (κ2) is 13.4. The Kier molecular flexibility index (Phi) is 9.62. The van der Waals surface area contributed by atoms with Crippen molar-refractivity contribution in [3.05, 3.63) is 78.1 Å². The molecule has 45 heavy (non-hydrogen) atoms. The highest BCUT2D eigenvalue weighted by molar-refractivity contribution is 5.94. The fourth-order valence-electron chi connectivity index (χ4n) is 6.05. The van der Waals surface area contributed by atoms with Crippen LogP contribution in [0.2, 0.25) is 0 Å². The Balaban J connectivity index is 1.13. The molecule has 2 aliphatic heterocycles. The van der Waals surface area contributed by atoms with Crippen molar-refractivity contribution in [3.63, 3.8) is 0 Å². The van der Waals surface area contributed by atoms with Crippen LogP contribution in [0.1, 0.15) is 70.9 Å². The Hall–Kier alpha value is -4.18. The molecule has 1 spiro atoms. The summed E-state index contributed by atoms with van der Waals surface area (Å²) in [5, 5.41) is 6.81. The number of anilines is 1. The minimum Gasteiger partial charge on any atom is -0.489 e. The Morgan fingerprint density at radius 1 is 1.04 bits per heavy atom. The van der Waals surface area contributed by atoms with Gasteiger partial charge >= 0.3 is 6.09 Å². The zero-order valence-corrected chi connectivity index (χ0v) is 26.8. The summed E-state index contributed by atoms with van der Waals surface area (Å²) >= 11 is 0. The third-order valence-corrected chi connectivity index (χ3v) is 8.49. The highest BCUT2D eigenvalue weighted by Gasteiger charge is 2.46. The van der Waals surface area contributed by atoms with Gasteiger partial charge in [-0.2, -0.15) is 9.78 Å². The Labute approximate surface area is 265 Å². The van der Waals surface area contributed by atoms with Crippen LogP contribution in [0.3, 0.4) is 0 Å². The summed E-state index contributed by atoms with van der Waals surface area (Å²) in [4.78, 5) is 41.0. The largest absolute Gasteiger partial charge is 0.489 e. The number of nitrogens with zero attached hydrogens (tertiary/aromatic N) is 3.